The van der Waals surface area contributed by atoms with Gasteiger partial charge in [0.25, 0.3) is 0 Å². The molecule has 1 amide bonds. The lowest BCUT2D eigenvalue weighted by molar-refractivity contribution is -0.122. The third-order valence-electron chi connectivity index (χ3n) is 2.57. The summed E-state index contributed by atoms with van der Waals surface area (Å²) >= 11 is 0. The normalized spacial score (nSPS) is 15.8. The number of carbonyl (C=O) groups is 1. The minimum Gasteiger partial charge on any atom is -0.356 e. The van der Waals surface area contributed by atoms with Crippen molar-refractivity contribution in [1.82, 2.24) is 20.8 Å². The van der Waals surface area contributed by atoms with Crippen LogP contribution in [0, 0.1) is 12.8 Å². The number of amides is 1. The molecule has 0 spiro atoms. The summed E-state index contributed by atoms with van der Waals surface area (Å²) < 4.78 is 4.94. The first-order valence-electron chi connectivity index (χ1n) is 5.50. The predicted octanol–water partition coefficient (Wildman–Crippen LogP) is -0.354. The molecule has 1 saturated heterocycles. The maximum atomic E-state index is 11.4. The monoisotopic (exact) mass is 224 g/mol. The zero-order valence-electron chi connectivity index (χ0n) is 9.32. The fourth-order valence-electron chi connectivity index (χ4n) is 1.58. The highest BCUT2D eigenvalue weighted by Crippen LogP contribution is 2.07. The molecule has 16 heavy (non-hydrogen) atoms. The minimum atomic E-state index is 0.0998. The van der Waals surface area contributed by atoms with Gasteiger partial charge in [-0.05, 0) is 25.9 Å². The van der Waals surface area contributed by atoms with Crippen molar-refractivity contribution in [1.29, 1.82) is 0 Å². The van der Waals surface area contributed by atoms with Crippen LogP contribution in [0.3, 0.4) is 0 Å². The van der Waals surface area contributed by atoms with Crippen LogP contribution >= 0.6 is 0 Å². The summed E-state index contributed by atoms with van der Waals surface area (Å²) in [6, 6.07) is 0. The van der Waals surface area contributed by atoms with Crippen molar-refractivity contribution < 1.29 is 9.32 Å². The smallest absolute Gasteiger partial charge is 0.228 e. The van der Waals surface area contributed by atoms with Crippen LogP contribution < -0.4 is 10.6 Å². The van der Waals surface area contributed by atoms with E-state index in [9.17, 15) is 4.79 Å². The van der Waals surface area contributed by atoms with E-state index in [0.29, 0.717) is 37.0 Å². The van der Waals surface area contributed by atoms with Crippen LogP contribution in [0.1, 0.15) is 18.1 Å². The second-order valence-electron chi connectivity index (χ2n) is 4.06. The summed E-state index contributed by atoms with van der Waals surface area (Å²) in [4.78, 5) is 15.5. The Kier molecular flexibility index (Phi) is 3.51. The van der Waals surface area contributed by atoms with Crippen molar-refractivity contribution in [2.45, 2.75) is 19.8 Å². The lowest BCUT2D eigenvalue weighted by Crippen LogP contribution is -2.44. The van der Waals surface area contributed by atoms with E-state index in [0.717, 1.165) is 13.1 Å². The molecule has 0 aromatic carbocycles. The van der Waals surface area contributed by atoms with E-state index in [1.165, 1.54) is 0 Å². The molecule has 0 aliphatic carbocycles. The maximum Gasteiger partial charge on any atom is 0.228 e. The second kappa shape index (κ2) is 5.07. The van der Waals surface area contributed by atoms with E-state index in [2.05, 4.69) is 20.8 Å². The van der Waals surface area contributed by atoms with E-state index in [1.54, 1.807) is 6.92 Å². The molecule has 0 radical (unpaired) electrons. The quantitative estimate of drug-likeness (QED) is 0.714. The Morgan fingerprint density at radius 2 is 2.44 bits per heavy atom. The zero-order chi connectivity index (χ0) is 11.4. The molecule has 1 fully saturated rings. The van der Waals surface area contributed by atoms with Crippen LogP contribution in [0.15, 0.2) is 4.52 Å². The average Bonchev–Trinajstić information content (AvgIpc) is 2.58. The van der Waals surface area contributed by atoms with E-state index >= 15 is 0 Å². The first kappa shape index (κ1) is 11.1. The van der Waals surface area contributed by atoms with Crippen molar-refractivity contribution in [3.05, 3.63) is 11.7 Å². The molecule has 0 saturated carbocycles. The molecular formula is C10H16N4O2. The van der Waals surface area contributed by atoms with Gasteiger partial charge in [0.2, 0.25) is 11.8 Å². The van der Waals surface area contributed by atoms with Crippen LogP contribution in [0.2, 0.25) is 0 Å². The lowest BCUT2D eigenvalue weighted by atomic mass is 9.99. The molecule has 2 N–H and O–H groups in total. The predicted molar refractivity (Wildman–Crippen MR) is 56.7 cm³/mol. The van der Waals surface area contributed by atoms with Crippen LogP contribution in [0.25, 0.3) is 0 Å². The maximum absolute atomic E-state index is 11.4. The van der Waals surface area contributed by atoms with Gasteiger partial charge in [0.05, 0.1) is 0 Å². The summed E-state index contributed by atoms with van der Waals surface area (Å²) in [7, 11) is 0. The van der Waals surface area contributed by atoms with Gasteiger partial charge in [0.15, 0.2) is 5.82 Å². The summed E-state index contributed by atoms with van der Waals surface area (Å²) in [5, 5.41) is 9.66. The Morgan fingerprint density at radius 1 is 1.62 bits per heavy atom. The van der Waals surface area contributed by atoms with Gasteiger partial charge in [0.1, 0.15) is 0 Å². The first-order valence-corrected chi connectivity index (χ1v) is 5.50. The van der Waals surface area contributed by atoms with Crippen LogP contribution in [-0.4, -0.2) is 35.7 Å². The van der Waals surface area contributed by atoms with Crippen LogP contribution in [-0.2, 0) is 11.2 Å². The van der Waals surface area contributed by atoms with E-state index in [-0.39, 0.29) is 5.91 Å². The first-order chi connectivity index (χ1) is 7.74. The molecule has 1 aliphatic rings. The summed E-state index contributed by atoms with van der Waals surface area (Å²) in [6.07, 6.45) is 1.20. The van der Waals surface area contributed by atoms with E-state index in [1.807, 2.05) is 0 Å². The van der Waals surface area contributed by atoms with Crippen molar-refractivity contribution in [2.75, 3.05) is 19.6 Å². The van der Waals surface area contributed by atoms with E-state index in [4.69, 9.17) is 4.52 Å². The topological polar surface area (TPSA) is 80.0 Å². The summed E-state index contributed by atoms with van der Waals surface area (Å²) in [5.74, 6) is 1.80. The van der Waals surface area contributed by atoms with Gasteiger partial charge in [-0.15, -0.1) is 0 Å². The number of aromatic nitrogens is 2. The molecule has 0 unspecified atom stereocenters. The zero-order valence-corrected chi connectivity index (χ0v) is 9.32. The highest BCUT2D eigenvalue weighted by Gasteiger charge is 2.19. The number of hydrogen-bond acceptors (Lipinski definition) is 5. The molecule has 1 aliphatic heterocycles. The Bertz CT molecular complexity index is 359. The van der Waals surface area contributed by atoms with Gasteiger partial charge in [-0.2, -0.15) is 4.98 Å². The van der Waals surface area contributed by atoms with Crippen LogP contribution in [0.4, 0.5) is 0 Å². The molecule has 6 nitrogen and oxygen atoms in total. The number of carbonyl (C=O) groups excluding carboxylic acids is 1. The number of rotatable bonds is 5. The Morgan fingerprint density at radius 3 is 3.00 bits per heavy atom. The molecule has 1 aromatic rings. The second-order valence-corrected chi connectivity index (χ2v) is 4.06. The number of aryl methyl sites for hydroxylation is 1. The third-order valence-corrected chi connectivity index (χ3v) is 2.57. The fraction of sp³-hybridized carbons (Fsp3) is 0.700. The van der Waals surface area contributed by atoms with Gasteiger partial charge in [-0.3, -0.25) is 4.79 Å². The van der Waals surface area contributed by atoms with Gasteiger partial charge < -0.3 is 15.2 Å². The van der Waals surface area contributed by atoms with Crippen molar-refractivity contribution in [3.63, 3.8) is 0 Å². The molecule has 6 heteroatoms. The molecule has 2 rings (SSSR count). The number of nitrogens with one attached hydrogen (secondary N) is 2. The number of hydrogen-bond donors (Lipinski definition) is 2. The minimum absolute atomic E-state index is 0.0998. The molecule has 0 bridgehead atoms. The van der Waals surface area contributed by atoms with Gasteiger partial charge in [-0.25, -0.2) is 0 Å². The van der Waals surface area contributed by atoms with Gasteiger partial charge in [-0.1, -0.05) is 5.16 Å². The van der Waals surface area contributed by atoms with Crippen molar-refractivity contribution in [2.24, 2.45) is 5.92 Å². The Balaban J connectivity index is 1.61. The summed E-state index contributed by atoms with van der Waals surface area (Å²) in [5.41, 5.74) is 0. The molecule has 1 aromatic heterocycles. The highest BCUT2D eigenvalue weighted by molar-refractivity contribution is 5.76. The highest BCUT2D eigenvalue weighted by atomic mass is 16.5. The average molecular weight is 224 g/mol. The molecule has 88 valence electrons. The molecule has 2 heterocycles. The Hall–Kier alpha value is -1.43. The Labute approximate surface area is 93.8 Å². The van der Waals surface area contributed by atoms with Gasteiger partial charge >= 0.3 is 0 Å². The molecule has 0 atom stereocenters. The summed E-state index contributed by atoms with van der Waals surface area (Å²) in [6.45, 7) is 4.24. The van der Waals surface area contributed by atoms with Crippen LogP contribution in [0.5, 0.6) is 0 Å². The largest absolute Gasteiger partial charge is 0.356 e. The van der Waals surface area contributed by atoms with Crippen molar-refractivity contribution in [3.8, 4) is 0 Å². The SMILES string of the molecule is Cc1noc(CCNC(=O)CC2CNC2)n1. The lowest BCUT2D eigenvalue weighted by Gasteiger charge is -2.26. The fourth-order valence-corrected chi connectivity index (χ4v) is 1.58. The number of nitrogens with zero attached hydrogens (tertiary/aromatic N) is 2. The van der Waals surface area contributed by atoms with Crippen molar-refractivity contribution >= 4 is 5.91 Å². The third kappa shape index (κ3) is 3.03. The molecular weight excluding hydrogens is 208 g/mol. The van der Waals surface area contributed by atoms with E-state index < -0.39 is 0 Å². The van der Waals surface area contributed by atoms with Gasteiger partial charge in [0, 0.05) is 19.4 Å². The standard InChI is InChI=1S/C10H16N4O2/c1-7-13-10(16-14-7)2-3-12-9(15)4-8-5-11-6-8/h8,11H,2-6H2,1H3,(H,12,15).